The number of nitrogens with zero attached hydrogens (tertiary/aromatic N) is 4. The molecule has 6 heteroatoms. The fraction of sp³-hybridized carbons (Fsp3) is 0.364. The zero-order chi connectivity index (χ0) is 12.3. The number of hydrogen-bond acceptors (Lipinski definition) is 5. The molecule has 0 bridgehead atoms. The predicted molar refractivity (Wildman–Crippen MR) is 63.9 cm³/mol. The van der Waals surface area contributed by atoms with Gasteiger partial charge < -0.3 is 10.1 Å². The monoisotopic (exact) mass is 233 g/mol. The third-order valence-electron chi connectivity index (χ3n) is 2.31. The summed E-state index contributed by atoms with van der Waals surface area (Å²) in [6.07, 6.45) is 3.37. The highest BCUT2D eigenvalue weighted by Crippen LogP contribution is 2.23. The smallest absolute Gasteiger partial charge is 0.169 e. The summed E-state index contributed by atoms with van der Waals surface area (Å²) in [6, 6.07) is 1.93. The Morgan fingerprint density at radius 1 is 1.41 bits per heavy atom. The maximum atomic E-state index is 5.22. The van der Waals surface area contributed by atoms with Gasteiger partial charge in [-0.15, -0.1) is 0 Å². The lowest BCUT2D eigenvalue weighted by Crippen LogP contribution is -2.04. The molecule has 2 rings (SSSR count). The van der Waals surface area contributed by atoms with Gasteiger partial charge >= 0.3 is 0 Å². The number of pyridine rings is 1. The Hall–Kier alpha value is -2.11. The Morgan fingerprint density at radius 2 is 2.24 bits per heavy atom. The maximum absolute atomic E-state index is 5.22. The topological polar surface area (TPSA) is 64.9 Å². The molecule has 0 atom stereocenters. The molecule has 2 aromatic heterocycles. The van der Waals surface area contributed by atoms with Gasteiger partial charge in [-0.1, -0.05) is 0 Å². The molecule has 0 radical (unpaired) electrons. The second-order valence-electron chi connectivity index (χ2n) is 3.71. The number of aromatic nitrogens is 4. The van der Waals surface area contributed by atoms with Crippen molar-refractivity contribution in [2.24, 2.45) is 7.05 Å². The van der Waals surface area contributed by atoms with Crippen LogP contribution in [0.25, 0.3) is 0 Å². The Labute approximate surface area is 99.7 Å². The fourth-order valence-electron chi connectivity index (χ4n) is 1.49. The number of ether oxygens (including phenoxy) is 1. The van der Waals surface area contributed by atoms with Gasteiger partial charge in [-0.3, -0.25) is 9.67 Å². The van der Waals surface area contributed by atoms with Gasteiger partial charge in [0, 0.05) is 12.7 Å². The zero-order valence-electron chi connectivity index (χ0n) is 10.1. The average Bonchev–Trinajstić information content (AvgIpc) is 2.73. The quantitative estimate of drug-likeness (QED) is 0.857. The Balaban J connectivity index is 2.10. The van der Waals surface area contributed by atoms with Gasteiger partial charge in [-0.05, 0) is 13.0 Å². The minimum Gasteiger partial charge on any atom is -0.493 e. The molecule has 1 N–H and O–H groups in total. The lowest BCUT2D eigenvalue weighted by Gasteiger charge is -2.09. The van der Waals surface area contributed by atoms with E-state index in [0.717, 1.165) is 17.2 Å². The molecule has 17 heavy (non-hydrogen) atoms. The van der Waals surface area contributed by atoms with Gasteiger partial charge in [0.05, 0.1) is 25.5 Å². The summed E-state index contributed by atoms with van der Waals surface area (Å²) in [4.78, 5) is 8.31. The zero-order valence-corrected chi connectivity index (χ0v) is 10.1. The van der Waals surface area contributed by atoms with Crippen LogP contribution in [-0.2, 0) is 13.6 Å². The molecule has 0 amide bonds. The van der Waals surface area contributed by atoms with Crippen molar-refractivity contribution in [3.63, 3.8) is 0 Å². The van der Waals surface area contributed by atoms with Gasteiger partial charge in [-0.2, -0.15) is 5.10 Å². The van der Waals surface area contributed by atoms with E-state index in [1.54, 1.807) is 24.3 Å². The highest BCUT2D eigenvalue weighted by molar-refractivity contribution is 5.55. The van der Waals surface area contributed by atoms with Gasteiger partial charge in [-0.25, -0.2) is 4.98 Å². The van der Waals surface area contributed by atoms with Crippen molar-refractivity contribution in [2.75, 3.05) is 12.4 Å². The SMILES string of the molecule is COc1cnc(C)cc1NCc1ncn(C)n1. The molecule has 0 spiro atoms. The summed E-state index contributed by atoms with van der Waals surface area (Å²) in [6.45, 7) is 2.49. The van der Waals surface area contributed by atoms with Gasteiger partial charge in [0.25, 0.3) is 0 Å². The lowest BCUT2D eigenvalue weighted by atomic mass is 10.3. The van der Waals surface area contributed by atoms with Crippen molar-refractivity contribution in [3.8, 4) is 5.75 Å². The number of hydrogen-bond donors (Lipinski definition) is 1. The summed E-state index contributed by atoms with van der Waals surface area (Å²) >= 11 is 0. The molecule has 0 fully saturated rings. The van der Waals surface area contributed by atoms with Crippen molar-refractivity contribution in [1.29, 1.82) is 0 Å². The second-order valence-corrected chi connectivity index (χ2v) is 3.71. The van der Waals surface area contributed by atoms with Crippen LogP contribution in [0, 0.1) is 6.92 Å². The molecule has 0 aliphatic heterocycles. The number of aryl methyl sites for hydroxylation is 2. The van der Waals surface area contributed by atoms with Crippen molar-refractivity contribution in [2.45, 2.75) is 13.5 Å². The van der Waals surface area contributed by atoms with E-state index in [1.165, 1.54) is 0 Å². The maximum Gasteiger partial charge on any atom is 0.169 e. The first-order valence-electron chi connectivity index (χ1n) is 5.28. The fourth-order valence-corrected chi connectivity index (χ4v) is 1.49. The molecular weight excluding hydrogens is 218 g/mol. The molecule has 0 aromatic carbocycles. The summed E-state index contributed by atoms with van der Waals surface area (Å²) in [5.41, 5.74) is 1.83. The minimum atomic E-state index is 0.556. The summed E-state index contributed by atoms with van der Waals surface area (Å²) < 4.78 is 6.90. The number of rotatable bonds is 4. The van der Waals surface area contributed by atoms with Crippen LogP contribution >= 0.6 is 0 Å². The van der Waals surface area contributed by atoms with Crippen LogP contribution in [-0.4, -0.2) is 26.9 Å². The minimum absolute atomic E-state index is 0.556. The Bertz CT molecular complexity index is 508. The predicted octanol–water partition coefficient (Wildman–Crippen LogP) is 1.14. The number of anilines is 1. The normalized spacial score (nSPS) is 10.3. The van der Waals surface area contributed by atoms with Crippen LogP contribution in [0.2, 0.25) is 0 Å². The van der Waals surface area contributed by atoms with Gasteiger partial charge in [0.1, 0.15) is 6.33 Å². The molecule has 0 aliphatic carbocycles. The second kappa shape index (κ2) is 4.82. The van der Waals surface area contributed by atoms with Crippen LogP contribution in [0.15, 0.2) is 18.6 Å². The molecule has 90 valence electrons. The van der Waals surface area contributed by atoms with Crippen LogP contribution in [0.4, 0.5) is 5.69 Å². The van der Waals surface area contributed by atoms with Crippen LogP contribution in [0.1, 0.15) is 11.5 Å². The molecular formula is C11H15N5O. The van der Waals surface area contributed by atoms with Crippen molar-refractivity contribution < 1.29 is 4.74 Å². The third kappa shape index (κ3) is 2.72. The standard InChI is InChI=1S/C11H15N5O/c1-8-4-9(10(17-3)5-12-8)13-6-11-14-7-16(2)15-11/h4-5,7H,6H2,1-3H3,(H,12,13). The highest BCUT2D eigenvalue weighted by atomic mass is 16.5. The highest BCUT2D eigenvalue weighted by Gasteiger charge is 2.05. The van der Waals surface area contributed by atoms with Crippen molar-refractivity contribution >= 4 is 5.69 Å². The van der Waals surface area contributed by atoms with Crippen LogP contribution in [0.3, 0.4) is 0 Å². The number of nitrogens with one attached hydrogen (secondary N) is 1. The van der Waals surface area contributed by atoms with E-state index in [9.17, 15) is 0 Å². The van der Waals surface area contributed by atoms with Crippen LogP contribution < -0.4 is 10.1 Å². The largest absolute Gasteiger partial charge is 0.493 e. The third-order valence-corrected chi connectivity index (χ3v) is 2.31. The molecule has 2 heterocycles. The van der Waals surface area contributed by atoms with Crippen molar-refractivity contribution in [1.82, 2.24) is 19.7 Å². The summed E-state index contributed by atoms with van der Waals surface area (Å²) in [5.74, 6) is 1.45. The summed E-state index contributed by atoms with van der Waals surface area (Å²) in [7, 11) is 3.46. The van der Waals surface area contributed by atoms with E-state index in [-0.39, 0.29) is 0 Å². The molecule has 0 saturated carbocycles. The van der Waals surface area contributed by atoms with E-state index in [1.807, 2.05) is 20.0 Å². The lowest BCUT2D eigenvalue weighted by molar-refractivity contribution is 0.414. The van der Waals surface area contributed by atoms with E-state index in [4.69, 9.17) is 4.74 Å². The average molecular weight is 233 g/mol. The van der Waals surface area contributed by atoms with E-state index in [0.29, 0.717) is 12.3 Å². The molecule has 0 aliphatic rings. The van der Waals surface area contributed by atoms with E-state index >= 15 is 0 Å². The molecule has 0 unspecified atom stereocenters. The molecule has 2 aromatic rings. The van der Waals surface area contributed by atoms with Gasteiger partial charge in [0.2, 0.25) is 0 Å². The van der Waals surface area contributed by atoms with E-state index in [2.05, 4.69) is 20.4 Å². The Kier molecular flexibility index (Phi) is 3.22. The number of methoxy groups -OCH3 is 1. The van der Waals surface area contributed by atoms with Crippen LogP contribution in [0.5, 0.6) is 5.75 Å². The molecule has 6 nitrogen and oxygen atoms in total. The first-order chi connectivity index (χ1) is 8.19. The summed E-state index contributed by atoms with van der Waals surface area (Å²) in [5, 5.41) is 7.42. The van der Waals surface area contributed by atoms with Crippen molar-refractivity contribution in [3.05, 3.63) is 30.1 Å². The van der Waals surface area contributed by atoms with E-state index < -0.39 is 0 Å². The van der Waals surface area contributed by atoms with Gasteiger partial charge in [0.15, 0.2) is 11.6 Å². The molecule has 0 saturated heterocycles. The first kappa shape index (κ1) is 11.4. The Morgan fingerprint density at radius 3 is 2.88 bits per heavy atom. The first-order valence-corrected chi connectivity index (χ1v) is 5.28.